The van der Waals surface area contributed by atoms with E-state index in [0.717, 1.165) is 28.7 Å². The highest BCUT2D eigenvalue weighted by Crippen LogP contribution is 2.22. The number of amides is 2. The molecule has 0 aliphatic heterocycles. The van der Waals surface area contributed by atoms with Crippen LogP contribution in [0.25, 0.3) is 10.2 Å². The highest BCUT2D eigenvalue weighted by molar-refractivity contribution is 7.16. The summed E-state index contributed by atoms with van der Waals surface area (Å²) in [5.41, 5.74) is 4.92. The minimum Gasteiger partial charge on any atom is -0.332 e. The van der Waals surface area contributed by atoms with Crippen molar-refractivity contribution in [2.75, 3.05) is 5.32 Å². The molecule has 3 rings (SSSR count). The number of benzene rings is 1. The maximum atomic E-state index is 12.1. The Labute approximate surface area is 128 Å². The van der Waals surface area contributed by atoms with Gasteiger partial charge >= 0.3 is 6.03 Å². The zero-order chi connectivity index (χ0) is 14.7. The quantitative estimate of drug-likeness (QED) is 0.830. The average molecular weight is 301 g/mol. The number of aromatic nitrogens is 1. The molecule has 1 heterocycles. The third kappa shape index (κ3) is 3.42. The van der Waals surface area contributed by atoms with Gasteiger partial charge in [-0.05, 0) is 50.8 Å². The fourth-order valence-electron chi connectivity index (χ4n) is 2.65. The summed E-state index contributed by atoms with van der Waals surface area (Å²) in [7, 11) is 0. The zero-order valence-corrected chi connectivity index (χ0v) is 12.9. The second kappa shape index (κ2) is 6.26. The Morgan fingerprint density at radius 3 is 3.10 bits per heavy atom. The van der Waals surface area contributed by atoms with E-state index in [1.54, 1.807) is 11.3 Å². The summed E-state index contributed by atoms with van der Waals surface area (Å²) in [5, 5.41) is 5.90. The molecule has 110 valence electrons. The molecule has 5 heteroatoms. The van der Waals surface area contributed by atoms with Crippen molar-refractivity contribution in [2.24, 2.45) is 0 Å². The molecule has 0 saturated heterocycles. The van der Waals surface area contributed by atoms with E-state index in [0.29, 0.717) is 0 Å². The van der Waals surface area contributed by atoms with Crippen LogP contribution in [-0.4, -0.2) is 17.1 Å². The number of fused-ring (bicyclic) bond motifs is 1. The lowest BCUT2D eigenvalue weighted by Crippen LogP contribution is -2.37. The first-order valence-corrected chi connectivity index (χ1v) is 8.20. The average Bonchev–Trinajstić information content (AvgIpc) is 2.95. The van der Waals surface area contributed by atoms with E-state index in [4.69, 9.17) is 0 Å². The molecule has 1 aliphatic rings. The highest BCUT2D eigenvalue weighted by Gasteiger charge is 2.14. The van der Waals surface area contributed by atoms with Gasteiger partial charge in [-0.3, -0.25) is 0 Å². The number of hydrogen-bond acceptors (Lipinski definition) is 3. The Morgan fingerprint density at radius 2 is 2.29 bits per heavy atom. The van der Waals surface area contributed by atoms with Gasteiger partial charge in [0.1, 0.15) is 0 Å². The Kier molecular flexibility index (Phi) is 4.20. The molecule has 0 spiro atoms. The van der Waals surface area contributed by atoms with E-state index in [1.807, 2.05) is 30.6 Å². The lowest BCUT2D eigenvalue weighted by Gasteiger charge is -2.21. The second-order valence-electron chi connectivity index (χ2n) is 5.38. The fourth-order valence-corrected chi connectivity index (χ4v) is 3.36. The molecule has 1 aliphatic carbocycles. The summed E-state index contributed by atoms with van der Waals surface area (Å²) in [6, 6.07) is 5.70. The number of hydrogen-bond donors (Lipinski definition) is 2. The van der Waals surface area contributed by atoms with Crippen molar-refractivity contribution in [3.8, 4) is 0 Å². The lowest BCUT2D eigenvalue weighted by atomic mass is 9.95. The molecule has 1 aromatic carbocycles. The maximum absolute atomic E-state index is 12.1. The van der Waals surface area contributed by atoms with Crippen molar-refractivity contribution in [3.63, 3.8) is 0 Å². The molecule has 0 bridgehead atoms. The zero-order valence-electron chi connectivity index (χ0n) is 12.1. The number of thiazole rings is 1. The van der Waals surface area contributed by atoms with E-state index in [-0.39, 0.29) is 12.1 Å². The van der Waals surface area contributed by atoms with Gasteiger partial charge in [0, 0.05) is 11.7 Å². The summed E-state index contributed by atoms with van der Waals surface area (Å²) in [5.74, 6) is 0. The van der Waals surface area contributed by atoms with Gasteiger partial charge in [-0.1, -0.05) is 11.6 Å². The van der Waals surface area contributed by atoms with Crippen molar-refractivity contribution in [1.29, 1.82) is 0 Å². The van der Waals surface area contributed by atoms with Crippen LogP contribution in [0.2, 0.25) is 0 Å². The number of nitrogens with one attached hydrogen (secondary N) is 2. The summed E-state index contributed by atoms with van der Waals surface area (Å²) < 4.78 is 1.08. The molecule has 4 nitrogen and oxygen atoms in total. The number of rotatable bonds is 3. The van der Waals surface area contributed by atoms with Crippen LogP contribution in [0.15, 0.2) is 35.4 Å². The van der Waals surface area contributed by atoms with Gasteiger partial charge in [0.2, 0.25) is 0 Å². The molecule has 1 aromatic heterocycles. The minimum atomic E-state index is -0.155. The van der Waals surface area contributed by atoms with E-state index >= 15 is 0 Å². The van der Waals surface area contributed by atoms with Gasteiger partial charge in [-0.25, -0.2) is 9.78 Å². The number of carbonyl (C=O) groups is 1. The van der Waals surface area contributed by atoms with E-state index in [2.05, 4.69) is 21.7 Å². The Hall–Kier alpha value is -1.88. The largest absolute Gasteiger partial charge is 0.332 e. The smallest absolute Gasteiger partial charge is 0.319 e. The summed E-state index contributed by atoms with van der Waals surface area (Å²) in [6.07, 6.45) is 6.97. The van der Waals surface area contributed by atoms with Gasteiger partial charge in [-0.15, -0.1) is 11.3 Å². The van der Waals surface area contributed by atoms with Crippen LogP contribution in [0.5, 0.6) is 0 Å². The predicted molar refractivity (Wildman–Crippen MR) is 87.8 cm³/mol. The maximum Gasteiger partial charge on any atom is 0.319 e. The monoisotopic (exact) mass is 301 g/mol. The Morgan fingerprint density at radius 1 is 1.38 bits per heavy atom. The molecule has 0 unspecified atom stereocenters. The minimum absolute atomic E-state index is 0.0948. The van der Waals surface area contributed by atoms with Crippen LogP contribution in [0.4, 0.5) is 10.5 Å². The van der Waals surface area contributed by atoms with Crippen molar-refractivity contribution in [2.45, 2.75) is 38.6 Å². The number of nitrogens with zero attached hydrogens (tertiary/aromatic N) is 1. The topological polar surface area (TPSA) is 54.0 Å². The molecular formula is C16H19N3OS. The van der Waals surface area contributed by atoms with Gasteiger partial charge in [-0.2, -0.15) is 0 Å². The molecular weight excluding hydrogens is 282 g/mol. The third-order valence-electron chi connectivity index (χ3n) is 3.82. The molecule has 21 heavy (non-hydrogen) atoms. The van der Waals surface area contributed by atoms with Crippen molar-refractivity contribution >= 4 is 33.3 Å². The van der Waals surface area contributed by atoms with E-state index in [9.17, 15) is 4.79 Å². The summed E-state index contributed by atoms with van der Waals surface area (Å²) in [4.78, 5) is 16.3. The first-order chi connectivity index (χ1) is 10.2. The van der Waals surface area contributed by atoms with E-state index in [1.165, 1.54) is 18.4 Å². The van der Waals surface area contributed by atoms with Crippen LogP contribution in [0, 0.1) is 0 Å². The van der Waals surface area contributed by atoms with Crippen molar-refractivity contribution < 1.29 is 4.79 Å². The molecule has 0 fully saturated rings. The normalized spacial score (nSPS) is 16.3. The predicted octanol–water partition coefficient (Wildman–Crippen LogP) is 4.31. The molecule has 2 amide bonds. The molecule has 2 N–H and O–H groups in total. The van der Waals surface area contributed by atoms with Gasteiger partial charge in [0.05, 0.1) is 15.7 Å². The fraction of sp³-hybridized carbons (Fsp3) is 0.375. The van der Waals surface area contributed by atoms with Crippen LogP contribution < -0.4 is 10.6 Å². The summed E-state index contributed by atoms with van der Waals surface area (Å²) >= 11 is 1.57. The first kappa shape index (κ1) is 14.1. The van der Waals surface area contributed by atoms with E-state index < -0.39 is 0 Å². The molecule has 0 saturated carbocycles. The van der Waals surface area contributed by atoms with Crippen molar-refractivity contribution in [1.82, 2.24) is 10.3 Å². The first-order valence-electron chi connectivity index (χ1n) is 7.32. The Bertz CT molecular complexity index is 677. The lowest BCUT2D eigenvalue weighted by molar-refractivity contribution is 0.250. The number of carbonyl (C=O) groups excluding carboxylic acids is 1. The van der Waals surface area contributed by atoms with Crippen LogP contribution in [0.3, 0.4) is 0 Å². The van der Waals surface area contributed by atoms with Gasteiger partial charge in [0.25, 0.3) is 0 Å². The van der Waals surface area contributed by atoms with Gasteiger partial charge in [0.15, 0.2) is 0 Å². The standard InChI is InChI=1S/C16H19N3OS/c1-11(12-5-3-2-4-6-12)18-16(20)19-13-7-8-14-15(9-13)21-10-17-14/h5,7-11H,2-4,6H2,1H3,(H2,18,19,20)/t11-/m0/s1. The van der Waals surface area contributed by atoms with Crippen LogP contribution >= 0.6 is 11.3 Å². The van der Waals surface area contributed by atoms with Crippen molar-refractivity contribution in [3.05, 3.63) is 35.4 Å². The number of allylic oxidation sites excluding steroid dienone is 1. The number of urea groups is 1. The molecule has 0 radical (unpaired) electrons. The Balaban J connectivity index is 1.61. The molecule has 1 atom stereocenters. The number of anilines is 1. The third-order valence-corrected chi connectivity index (χ3v) is 4.61. The van der Waals surface area contributed by atoms with Crippen LogP contribution in [0.1, 0.15) is 32.6 Å². The van der Waals surface area contributed by atoms with Crippen LogP contribution in [-0.2, 0) is 0 Å². The van der Waals surface area contributed by atoms with Gasteiger partial charge < -0.3 is 10.6 Å². The SMILES string of the molecule is C[C@H](NC(=O)Nc1ccc2ncsc2c1)C1=CCCCC1. The summed E-state index contributed by atoms with van der Waals surface area (Å²) in [6.45, 7) is 2.04. The molecule has 2 aromatic rings. The highest BCUT2D eigenvalue weighted by atomic mass is 32.1. The second-order valence-corrected chi connectivity index (χ2v) is 6.27.